The molecule has 0 spiro atoms. The average Bonchev–Trinajstić information content (AvgIpc) is 2.14. The summed E-state index contributed by atoms with van der Waals surface area (Å²) in [6.45, 7) is 5.87. The van der Waals surface area contributed by atoms with Gasteiger partial charge in [0.2, 0.25) is 0 Å². The van der Waals surface area contributed by atoms with Crippen LogP contribution in [0.4, 0.5) is 11.4 Å². The van der Waals surface area contributed by atoms with Crippen LogP contribution in [0.1, 0.15) is 6.92 Å². The SMILES string of the molecule is C=C(C)COc1ccc([N+](=O)[O-])c(N)c1. The first kappa shape index (κ1) is 11.0. The van der Waals surface area contributed by atoms with E-state index in [-0.39, 0.29) is 11.4 Å². The Hall–Kier alpha value is -2.04. The summed E-state index contributed by atoms with van der Waals surface area (Å²) in [5, 5.41) is 10.5. The second-order valence-corrected chi connectivity index (χ2v) is 3.22. The van der Waals surface area contributed by atoms with E-state index in [4.69, 9.17) is 10.5 Å². The van der Waals surface area contributed by atoms with Gasteiger partial charge in [-0.3, -0.25) is 10.1 Å². The molecule has 2 N–H and O–H groups in total. The van der Waals surface area contributed by atoms with Crippen molar-refractivity contribution in [2.24, 2.45) is 0 Å². The molecule has 1 aromatic carbocycles. The molecular weight excluding hydrogens is 196 g/mol. The molecule has 1 rings (SSSR count). The molecule has 0 saturated carbocycles. The molecular formula is C10H12N2O3. The van der Waals surface area contributed by atoms with E-state index in [2.05, 4.69) is 6.58 Å². The van der Waals surface area contributed by atoms with Gasteiger partial charge < -0.3 is 10.5 Å². The largest absolute Gasteiger partial charge is 0.489 e. The predicted molar refractivity (Wildman–Crippen MR) is 57.8 cm³/mol. The van der Waals surface area contributed by atoms with Gasteiger partial charge >= 0.3 is 0 Å². The first-order valence-electron chi connectivity index (χ1n) is 4.32. The van der Waals surface area contributed by atoms with E-state index in [1.165, 1.54) is 18.2 Å². The molecule has 0 aliphatic rings. The summed E-state index contributed by atoms with van der Waals surface area (Å²) >= 11 is 0. The fraction of sp³-hybridized carbons (Fsp3) is 0.200. The summed E-state index contributed by atoms with van der Waals surface area (Å²) < 4.78 is 5.28. The van der Waals surface area contributed by atoms with Crippen molar-refractivity contribution in [3.63, 3.8) is 0 Å². The zero-order valence-corrected chi connectivity index (χ0v) is 8.40. The monoisotopic (exact) mass is 208 g/mol. The van der Waals surface area contributed by atoms with Gasteiger partial charge in [-0.25, -0.2) is 0 Å². The summed E-state index contributed by atoms with van der Waals surface area (Å²) in [6, 6.07) is 4.27. The van der Waals surface area contributed by atoms with Crippen molar-refractivity contribution in [2.45, 2.75) is 6.92 Å². The number of nitro benzene ring substituents is 1. The van der Waals surface area contributed by atoms with Crippen molar-refractivity contribution in [1.29, 1.82) is 0 Å². The van der Waals surface area contributed by atoms with Crippen molar-refractivity contribution < 1.29 is 9.66 Å². The Morgan fingerprint density at radius 2 is 2.33 bits per heavy atom. The van der Waals surface area contributed by atoms with Gasteiger partial charge in [0.05, 0.1) is 4.92 Å². The van der Waals surface area contributed by atoms with E-state index in [9.17, 15) is 10.1 Å². The number of ether oxygens (including phenoxy) is 1. The lowest BCUT2D eigenvalue weighted by Gasteiger charge is -2.06. The highest BCUT2D eigenvalue weighted by Gasteiger charge is 2.11. The number of nitro groups is 1. The Kier molecular flexibility index (Phi) is 3.28. The zero-order chi connectivity index (χ0) is 11.4. The molecule has 5 nitrogen and oxygen atoms in total. The van der Waals surface area contributed by atoms with Gasteiger partial charge in [0.1, 0.15) is 18.0 Å². The molecule has 0 fully saturated rings. The van der Waals surface area contributed by atoms with Crippen LogP contribution in [0.25, 0.3) is 0 Å². The van der Waals surface area contributed by atoms with Gasteiger partial charge in [0, 0.05) is 12.1 Å². The Labute approximate surface area is 87.3 Å². The Balaban J connectivity index is 2.82. The molecule has 0 aliphatic carbocycles. The smallest absolute Gasteiger partial charge is 0.292 e. The molecule has 80 valence electrons. The quantitative estimate of drug-likeness (QED) is 0.356. The van der Waals surface area contributed by atoms with Crippen LogP contribution in [0, 0.1) is 10.1 Å². The minimum absolute atomic E-state index is 0.0965. The van der Waals surface area contributed by atoms with Crippen LogP contribution in [0.5, 0.6) is 5.75 Å². The summed E-state index contributed by atoms with van der Waals surface area (Å²) in [5.41, 5.74) is 6.34. The molecule has 0 aromatic heterocycles. The van der Waals surface area contributed by atoms with E-state index in [0.29, 0.717) is 12.4 Å². The van der Waals surface area contributed by atoms with Crippen LogP contribution in [-0.4, -0.2) is 11.5 Å². The number of anilines is 1. The van der Waals surface area contributed by atoms with Crippen molar-refractivity contribution in [2.75, 3.05) is 12.3 Å². The minimum atomic E-state index is -0.530. The average molecular weight is 208 g/mol. The van der Waals surface area contributed by atoms with Gasteiger partial charge in [-0.2, -0.15) is 0 Å². The van der Waals surface area contributed by atoms with Crippen LogP contribution < -0.4 is 10.5 Å². The maximum Gasteiger partial charge on any atom is 0.292 e. The summed E-state index contributed by atoms with van der Waals surface area (Å²) in [4.78, 5) is 9.94. The second kappa shape index (κ2) is 4.45. The molecule has 15 heavy (non-hydrogen) atoms. The predicted octanol–water partition coefficient (Wildman–Crippen LogP) is 2.13. The fourth-order valence-electron chi connectivity index (χ4n) is 0.995. The molecule has 0 saturated heterocycles. The van der Waals surface area contributed by atoms with E-state index in [0.717, 1.165) is 5.57 Å². The third-order valence-corrected chi connectivity index (χ3v) is 1.68. The molecule has 0 aliphatic heterocycles. The number of hydrogen-bond donors (Lipinski definition) is 1. The Morgan fingerprint density at radius 1 is 1.67 bits per heavy atom. The minimum Gasteiger partial charge on any atom is -0.489 e. The molecule has 1 aromatic rings. The van der Waals surface area contributed by atoms with Crippen molar-refractivity contribution in [3.05, 3.63) is 40.5 Å². The lowest BCUT2D eigenvalue weighted by atomic mass is 10.2. The number of hydrogen-bond acceptors (Lipinski definition) is 4. The lowest BCUT2D eigenvalue weighted by molar-refractivity contribution is -0.383. The third kappa shape index (κ3) is 2.98. The molecule has 0 radical (unpaired) electrons. The first-order chi connectivity index (χ1) is 7.00. The maximum absolute atomic E-state index is 10.5. The summed E-state index contributed by atoms with van der Waals surface area (Å²) in [5.74, 6) is 0.501. The van der Waals surface area contributed by atoms with Crippen LogP contribution in [0.3, 0.4) is 0 Å². The normalized spacial score (nSPS) is 9.67. The molecule has 5 heteroatoms. The van der Waals surface area contributed by atoms with Gasteiger partial charge in [0.15, 0.2) is 0 Å². The summed E-state index contributed by atoms with van der Waals surface area (Å²) in [7, 11) is 0. The maximum atomic E-state index is 10.5. The second-order valence-electron chi connectivity index (χ2n) is 3.22. The Bertz CT molecular complexity index is 402. The van der Waals surface area contributed by atoms with Crippen LogP contribution in [0.2, 0.25) is 0 Å². The van der Waals surface area contributed by atoms with Crippen molar-refractivity contribution >= 4 is 11.4 Å². The van der Waals surface area contributed by atoms with Crippen molar-refractivity contribution in [3.8, 4) is 5.75 Å². The fourth-order valence-corrected chi connectivity index (χ4v) is 0.995. The zero-order valence-electron chi connectivity index (χ0n) is 8.40. The molecule has 0 bridgehead atoms. The molecule has 0 heterocycles. The Morgan fingerprint density at radius 3 is 2.80 bits per heavy atom. The van der Waals surface area contributed by atoms with Crippen LogP contribution in [0.15, 0.2) is 30.4 Å². The summed E-state index contributed by atoms with van der Waals surface area (Å²) in [6.07, 6.45) is 0. The van der Waals surface area contributed by atoms with Crippen molar-refractivity contribution in [1.82, 2.24) is 0 Å². The van der Waals surface area contributed by atoms with Gasteiger partial charge in [-0.1, -0.05) is 6.58 Å². The third-order valence-electron chi connectivity index (χ3n) is 1.68. The van der Waals surface area contributed by atoms with E-state index in [1.54, 1.807) is 0 Å². The number of nitrogen functional groups attached to an aromatic ring is 1. The van der Waals surface area contributed by atoms with Crippen LogP contribution in [-0.2, 0) is 0 Å². The van der Waals surface area contributed by atoms with Gasteiger partial charge in [-0.15, -0.1) is 0 Å². The molecule has 0 atom stereocenters. The number of rotatable bonds is 4. The van der Waals surface area contributed by atoms with E-state index in [1.807, 2.05) is 6.92 Å². The number of benzene rings is 1. The molecule has 0 unspecified atom stereocenters. The highest BCUT2D eigenvalue weighted by molar-refractivity contribution is 5.60. The van der Waals surface area contributed by atoms with Gasteiger partial charge in [0.25, 0.3) is 5.69 Å². The highest BCUT2D eigenvalue weighted by atomic mass is 16.6. The highest BCUT2D eigenvalue weighted by Crippen LogP contribution is 2.26. The number of nitrogens with zero attached hydrogens (tertiary/aromatic N) is 1. The van der Waals surface area contributed by atoms with Crippen LogP contribution >= 0.6 is 0 Å². The lowest BCUT2D eigenvalue weighted by Crippen LogP contribution is -2.00. The van der Waals surface area contributed by atoms with Gasteiger partial charge in [-0.05, 0) is 18.6 Å². The standard InChI is InChI=1S/C10H12N2O3/c1-7(2)6-15-8-3-4-10(12(13)14)9(11)5-8/h3-5H,1,6,11H2,2H3. The molecule has 0 amide bonds. The van der Waals surface area contributed by atoms with E-state index >= 15 is 0 Å². The number of nitrogens with two attached hydrogens (primary N) is 1. The van der Waals surface area contributed by atoms with E-state index < -0.39 is 4.92 Å². The first-order valence-corrected chi connectivity index (χ1v) is 4.32. The topological polar surface area (TPSA) is 78.4 Å².